The van der Waals surface area contributed by atoms with Crippen LogP contribution in [0, 0.1) is 5.92 Å². The molecule has 3 amide bonds. The molecule has 0 saturated carbocycles. The topological polar surface area (TPSA) is 59.2 Å². The van der Waals surface area contributed by atoms with E-state index in [0.29, 0.717) is 5.84 Å². The zero-order chi connectivity index (χ0) is 19.6. The Balaban J connectivity index is 1.82. The lowest BCUT2D eigenvalue weighted by Crippen LogP contribution is -2.61. The lowest BCUT2D eigenvalue weighted by atomic mass is 9.99. The van der Waals surface area contributed by atoms with Crippen LogP contribution in [-0.4, -0.2) is 89.2 Å². The van der Waals surface area contributed by atoms with Gasteiger partial charge in [0.2, 0.25) is 0 Å². The average Bonchev–Trinajstić information content (AvgIpc) is 3.02. The van der Waals surface area contributed by atoms with Gasteiger partial charge in [0.1, 0.15) is 6.54 Å². The molecule has 3 rings (SSSR count). The van der Waals surface area contributed by atoms with Gasteiger partial charge in [0.05, 0.1) is 6.54 Å². The number of hydrogen-bond donors (Lipinski definition) is 0. The van der Waals surface area contributed by atoms with Gasteiger partial charge in [-0.2, -0.15) is 0 Å². The third-order valence-corrected chi connectivity index (χ3v) is 6.11. The molecule has 2 saturated heterocycles. The Bertz CT molecular complexity index is 649. The molecule has 0 aliphatic carbocycles. The van der Waals surface area contributed by atoms with Gasteiger partial charge >= 0.3 is 11.9 Å². The van der Waals surface area contributed by atoms with E-state index in [1.54, 1.807) is 14.1 Å². The molecular formula is C20H34N5O2+. The minimum absolute atomic E-state index is 0.158. The Kier molecular flexibility index (Phi) is 6.29. The molecule has 150 valence electrons. The number of urea groups is 1. The van der Waals surface area contributed by atoms with E-state index in [0.717, 1.165) is 50.8 Å². The Morgan fingerprint density at radius 1 is 1.07 bits per heavy atom. The highest BCUT2D eigenvalue weighted by atomic mass is 16.2. The molecule has 1 atom stereocenters. The van der Waals surface area contributed by atoms with Gasteiger partial charge in [-0.05, 0) is 49.7 Å². The van der Waals surface area contributed by atoms with Gasteiger partial charge in [-0.3, -0.25) is 19.5 Å². The Labute approximate surface area is 162 Å². The van der Waals surface area contributed by atoms with Gasteiger partial charge < -0.3 is 0 Å². The molecule has 0 aromatic rings. The van der Waals surface area contributed by atoms with Crippen LogP contribution in [0.4, 0.5) is 4.79 Å². The summed E-state index contributed by atoms with van der Waals surface area (Å²) in [7, 11) is 3.29. The van der Waals surface area contributed by atoms with Crippen LogP contribution in [0.15, 0.2) is 4.99 Å². The van der Waals surface area contributed by atoms with Crippen molar-refractivity contribution in [2.75, 3.05) is 40.3 Å². The molecule has 0 N–H and O–H groups in total. The first-order chi connectivity index (χ1) is 12.9. The van der Waals surface area contributed by atoms with Crippen LogP contribution in [0.1, 0.15) is 52.4 Å². The summed E-state index contributed by atoms with van der Waals surface area (Å²) < 4.78 is 2.16. The molecule has 0 spiro atoms. The number of nitrogens with zero attached hydrogens (tertiary/aromatic N) is 5. The molecule has 7 heteroatoms. The molecule has 0 radical (unpaired) electrons. The molecule has 0 aromatic carbocycles. The van der Waals surface area contributed by atoms with Crippen LogP contribution in [0.2, 0.25) is 0 Å². The van der Waals surface area contributed by atoms with Gasteiger partial charge in [-0.25, -0.2) is 9.37 Å². The van der Waals surface area contributed by atoms with Crippen LogP contribution >= 0.6 is 0 Å². The highest BCUT2D eigenvalue weighted by Gasteiger charge is 2.52. The number of rotatable bonds is 7. The molecule has 3 heterocycles. The first-order valence-electron chi connectivity index (χ1n) is 10.4. The van der Waals surface area contributed by atoms with Crippen molar-refractivity contribution in [1.82, 2.24) is 14.7 Å². The van der Waals surface area contributed by atoms with E-state index in [1.165, 1.54) is 35.5 Å². The van der Waals surface area contributed by atoms with Crippen LogP contribution < -0.4 is 0 Å². The first-order valence-corrected chi connectivity index (χ1v) is 10.4. The summed E-state index contributed by atoms with van der Waals surface area (Å²) in [4.78, 5) is 35.2. The third kappa shape index (κ3) is 4.08. The summed E-state index contributed by atoms with van der Waals surface area (Å²) in [5.41, 5.74) is 0. The number of likely N-dealkylation sites (tertiary alicyclic amines) is 1. The summed E-state index contributed by atoms with van der Waals surface area (Å²) in [6.45, 7) is 8.24. The quantitative estimate of drug-likeness (QED) is 0.504. The number of carbonyl (C=O) groups excluding carboxylic acids is 2. The molecule has 0 aromatic heterocycles. The molecular weight excluding hydrogens is 342 g/mol. The van der Waals surface area contributed by atoms with E-state index >= 15 is 0 Å². The van der Waals surface area contributed by atoms with E-state index in [9.17, 15) is 9.59 Å². The summed E-state index contributed by atoms with van der Waals surface area (Å²) in [6, 6.07) is -0.743. The number of likely N-dealkylation sites (N-methyl/N-ethyl adjacent to an activating group) is 2. The lowest BCUT2D eigenvalue weighted by molar-refractivity contribution is -0.537. The zero-order valence-corrected chi connectivity index (χ0v) is 17.3. The number of hydrogen-bond acceptors (Lipinski definition) is 4. The molecule has 7 nitrogen and oxygen atoms in total. The second-order valence-electron chi connectivity index (χ2n) is 8.24. The maximum atomic E-state index is 12.9. The number of amidine groups is 2. The summed E-state index contributed by atoms with van der Waals surface area (Å²) in [5.74, 6) is 2.17. The highest BCUT2D eigenvalue weighted by molar-refractivity contribution is 6.23. The monoisotopic (exact) mass is 376 g/mol. The van der Waals surface area contributed by atoms with Gasteiger partial charge in [0.25, 0.3) is 17.8 Å². The average molecular weight is 377 g/mol. The second-order valence-corrected chi connectivity index (χ2v) is 8.24. The minimum atomic E-state index is -0.446. The predicted octanol–water partition coefficient (Wildman–Crippen LogP) is 2.01. The predicted molar refractivity (Wildman–Crippen MR) is 106 cm³/mol. The Morgan fingerprint density at radius 3 is 2.44 bits per heavy atom. The van der Waals surface area contributed by atoms with E-state index in [-0.39, 0.29) is 11.9 Å². The number of imide groups is 1. The second kappa shape index (κ2) is 8.50. The van der Waals surface area contributed by atoms with Gasteiger partial charge in [0, 0.05) is 14.1 Å². The summed E-state index contributed by atoms with van der Waals surface area (Å²) in [5, 5.41) is 0. The van der Waals surface area contributed by atoms with Crippen molar-refractivity contribution in [2.45, 2.75) is 58.4 Å². The maximum absolute atomic E-state index is 12.9. The molecule has 1 unspecified atom stereocenters. The number of piperidine rings is 1. The zero-order valence-electron chi connectivity index (χ0n) is 17.3. The Morgan fingerprint density at radius 2 is 1.78 bits per heavy atom. The van der Waals surface area contributed by atoms with Gasteiger partial charge in [-0.15, -0.1) is 0 Å². The van der Waals surface area contributed by atoms with Crippen LogP contribution in [0.25, 0.3) is 0 Å². The number of carbonyl (C=O) groups is 2. The fourth-order valence-electron chi connectivity index (χ4n) is 4.16. The van der Waals surface area contributed by atoms with Crippen LogP contribution in [-0.2, 0) is 4.79 Å². The van der Waals surface area contributed by atoms with Crippen molar-refractivity contribution in [2.24, 2.45) is 10.9 Å². The van der Waals surface area contributed by atoms with Crippen molar-refractivity contribution < 1.29 is 14.2 Å². The van der Waals surface area contributed by atoms with E-state index in [2.05, 4.69) is 23.3 Å². The third-order valence-electron chi connectivity index (χ3n) is 6.11. The summed E-state index contributed by atoms with van der Waals surface area (Å²) >= 11 is 0. The molecule has 27 heavy (non-hydrogen) atoms. The Hall–Kier alpha value is -1.76. The number of amides is 3. The molecule has 3 aliphatic heterocycles. The van der Waals surface area contributed by atoms with Gasteiger partial charge in [0.15, 0.2) is 0 Å². The normalized spacial score (nSPS) is 24.7. The highest BCUT2D eigenvalue weighted by Crippen LogP contribution is 2.21. The number of unbranched alkanes of at least 4 members (excludes halogenated alkanes) is 3. The van der Waals surface area contributed by atoms with Crippen molar-refractivity contribution in [3.63, 3.8) is 0 Å². The smallest absolute Gasteiger partial charge is 0.292 e. The lowest BCUT2D eigenvalue weighted by Gasteiger charge is -2.31. The van der Waals surface area contributed by atoms with Gasteiger partial charge in [-0.1, -0.05) is 26.7 Å². The van der Waals surface area contributed by atoms with Crippen molar-refractivity contribution >= 4 is 23.6 Å². The molecule has 0 bridgehead atoms. The fraction of sp³-hybridized carbons (Fsp3) is 0.800. The minimum Gasteiger partial charge on any atom is -0.292 e. The van der Waals surface area contributed by atoms with Crippen LogP contribution in [0.3, 0.4) is 0 Å². The summed E-state index contributed by atoms with van der Waals surface area (Å²) in [6.07, 6.45) is 7.02. The largest absolute Gasteiger partial charge is 0.333 e. The van der Waals surface area contributed by atoms with E-state index in [1.807, 2.05) is 0 Å². The first kappa shape index (κ1) is 20.0. The molecule has 2 fully saturated rings. The standard InChI is InChI=1S/C20H34N5O2/c1-5-6-7-8-11-25-16(14-24-12-9-15(2)10-13-24)21-18-17(25)19(26)23(4)20(27)22(18)3/h15,17H,5-14H2,1-4H3/q+1. The fourth-order valence-corrected chi connectivity index (χ4v) is 4.16. The molecule has 3 aliphatic rings. The van der Waals surface area contributed by atoms with Crippen molar-refractivity contribution in [1.29, 1.82) is 0 Å². The maximum Gasteiger partial charge on any atom is 0.333 e. The SMILES string of the molecule is CCCCCC[N+]1=C(CN2CCC(C)CC2)N=C2C1C(=O)N(C)C(=O)N2C. The number of aliphatic imine (C=N–C) groups is 1. The van der Waals surface area contributed by atoms with Crippen molar-refractivity contribution in [3.05, 3.63) is 0 Å². The van der Waals surface area contributed by atoms with Crippen LogP contribution in [0.5, 0.6) is 0 Å². The van der Waals surface area contributed by atoms with E-state index in [4.69, 9.17) is 4.99 Å². The van der Waals surface area contributed by atoms with Crippen molar-refractivity contribution in [3.8, 4) is 0 Å². The number of fused-ring (bicyclic) bond motifs is 1. The van der Waals surface area contributed by atoms with E-state index < -0.39 is 6.04 Å².